The van der Waals surface area contributed by atoms with E-state index in [2.05, 4.69) is 12.2 Å². The highest BCUT2D eigenvalue weighted by molar-refractivity contribution is 5.77. The van der Waals surface area contributed by atoms with Gasteiger partial charge in [0, 0.05) is 6.54 Å². The minimum absolute atomic E-state index is 0.337. The molecule has 1 amide bonds. The van der Waals surface area contributed by atoms with Gasteiger partial charge in [-0.1, -0.05) is 26.2 Å². The predicted octanol–water partition coefficient (Wildman–Crippen LogP) is -1.50. The Hall–Kier alpha value is -0.770. The lowest BCUT2D eigenvalue weighted by molar-refractivity contribution is -0.299. The molecular weight excluding hydrogens is 294 g/mol. The summed E-state index contributed by atoms with van der Waals surface area (Å²) >= 11 is 0. The van der Waals surface area contributed by atoms with E-state index in [0.29, 0.717) is 6.54 Å². The van der Waals surface area contributed by atoms with E-state index in [-0.39, 0.29) is 12.5 Å². The van der Waals surface area contributed by atoms with Crippen LogP contribution in [0.5, 0.6) is 0 Å². The quantitative estimate of drug-likeness (QED) is 0.327. The molecule has 0 aromatic carbocycles. The second kappa shape index (κ2) is 10.1. The number of unbranched alkanes of at least 4 members (excludes halogenated alkanes) is 3. The summed E-state index contributed by atoms with van der Waals surface area (Å²) in [5.74, 6) is -0.353. The number of amides is 1. The molecule has 8 heteroatoms. The number of rotatable bonds is 9. The zero-order valence-electron chi connectivity index (χ0n) is 12.9. The highest BCUT2D eigenvalue weighted by Crippen LogP contribution is 2.21. The van der Waals surface area contributed by atoms with Crippen LogP contribution in [0.1, 0.15) is 32.6 Å². The largest absolute Gasteiger partial charge is 0.394 e. The Balaban J connectivity index is 2.29. The summed E-state index contributed by atoms with van der Waals surface area (Å²) in [5.41, 5.74) is 0. The molecule has 0 spiro atoms. The van der Waals surface area contributed by atoms with E-state index in [1.54, 1.807) is 0 Å². The number of hydrogen-bond donors (Lipinski definition) is 5. The van der Waals surface area contributed by atoms with Crippen LogP contribution in [0.3, 0.4) is 0 Å². The number of aliphatic hydroxyl groups excluding tert-OH is 4. The molecule has 5 atom stereocenters. The van der Waals surface area contributed by atoms with Crippen molar-refractivity contribution < 1.29 is 34.7 Å². The normalized spacial score (nSPS) is 32.0. The van der Waals surface area contributed by atoms with Crippen LogP contribution in [0.25, 0.3) is 0 Å². The first-order valence-corrected chi connectivity index (χ1v) is 7.70. The molecule has 1 heterocycles. The summed E-state index contributed by atoms with van der Waals surface area (Å²) in [7, 11) is 0. The molecule has 130 valence electrons. The zero-order chi connectivity index (χ0) is 16.5. The van der Waals surface area contributed by atoms with Gasteiger partial charge in [0.15, 0.2) is 6.29 Å². The molecule has 8 nitrogen and oxygen atoms in total. The second-order valence-electron chi connectivity index (χ2n) is 5.42. The number of hydrogen-bond acceptors (Lipinski definition) is 7. The van der Waals surface area contributed by atoms with Crippen molar-refractivity contribution in [3.8, 4) is 0 Å². The first kappa shape index (κ1) is 19.3. The van der Waals surface area contributed by atoms with Gasteiger partial charge in [-0.2, -0.15) is 0 Å². The number of nitrogens with one attached hydrogen (secondary N) is 1. The third-order valence-corrected chi connectivity index (χ3v) is 3.58. The summed E-state index contributed by atoms with van der Waals surface area (Å²) in [5, 5.41) is 40.6. The fourth-order valence-electron chi connectivity index (χ4n) is 2.19. The number of aliphatic hydroxyl groups is 4. The molecule has 0 aromatic heterocycles. The van der Waals surface area contributed by atoms with Crippen molar-refractivity contribution in [3.05, 3.63) is 0 Å². The lowest BCUT2D eigenvalue weighted by atomic mass is 9.99. The van der Waals surface area contributed by atoms with E-state index in [1.165, 1.54) is 0 Å². The van der Waals surface area contributed by atoms with Gasteiger partial charge in [0.2, 0.25) is 5.91 Å². The van der Waals surface area contributed by atoms with Gasteiger partial charge in [-0.05, 0) is 6.42 Å². The van der Waals surface area contributed by atoms with Gasteiger partial charge in [0.05, 0.1) is 6.61 Å². The van der Waals surface area contributed by atoms with Crippen molar-refractivity contribution in [1.82, 2.24) is 5.32 Å². The van der Waals surface area contributed by atoms with Gasteiger partial charge in [-0.3, -0.25) is 4.79 Å². The third kappa shape index (κ3) is 5.79. The van der Waals surface area contributed by atoms with Crippen LogP contribution in [-0.2, 0) is 14.3 Å². The van der Waals surface area contributed by atoms with E-state index in [1.807, 2.05) is 0 Å². The predicted molar refractivity (Wildman–Crippen MR) is 76.9 cm³/mol. The molecule has 1 saturated heterocycles. The van der Waals surface area contributed by atoms with Crippen LogP contribution in [0.4, 0.5) is 0 Å². The highest BCUT2D eigenvalue weighted by atomic mass is 16.7. The minimum atomic E-state index is -1.51. The molecule has 5 N–H and O–H groups in total. The first-order chi connectivity index (χ1) is 10.5. The minimum Gasteiger partial charge on any atom is -0.394 e. The Kier molecular flexibility index (Phi) is 8.84. The standard InChI is InChI=1S/C14H27NO7/c1-2-3-4-5-6-15-10(17)8-21-14-13(20)12(19)11(18)9(7-16)22-14/h9,11-14,16,18-20H,2-8H2,1H3,(H,15,17)/t9-,11-,12+,13-,14+/m1/s1. The van der Waals surface area contributed by atoms with Gasteiger partial charge >= 0.3 is 0 Å². The maximum atomic E-state index is 11.6. The molecule has 1 rings (SSSR count). The summed E-state index contributed by atoms with van der Waals surface area (Å²) < 4.78 is 10.2. The second-order valence-corrected chi connectivity index (χ2v) is 5.42. The SMILES string of the molecule is CCCCCCNC(=O)CO[C@H]1O[C@H](CO)[C@@H](O)[C@H](O)[C@H]1O. The first-order valence-electron chi connectivity index (χ1n) is 7.70. The fraction of sp³-hybridized carbons (Fsp3) is 0.929. The van der Waals surface area contributed by atoms with Gasteiger partial charge in [0.1, 0.15) is 31.0 Å². The molecule has 0 aromatic rings. The lowest BCUT2D eigenvalue weighted by Gasteiger charge is -2.39. The number of ether oxygens (including phenoxy) is 2. The van der Waals surface area contributed by atoms with Gasteiger partial charge in [-0.15, -0.1) is 0 Å². The molecule has 0 unspecified atom stereocenters. The molecule has 0 radical (unpaired) electrons. The molecule has 22 heavy (non-hydrogen) atoms. The van der Waals surface area contributed by atoms with E-state index < -0.39 is 37.3 Å². The maximum absolute atomic E-state index is 11.6. The van der Waals surface area contributed by atoms with Crippen LogP contribution < -0.4 is 5.32 Å². The molecular formula is C14H27NO7. The Labute approximate surface area is 130 Å². The van der Waals surface area contributed by atoms with E-state index >= 15 is 0 Å². The molecule has 0 bridgehead atoms. The fourth-order valence-corrected chi connectivity index (χ4v) is 2.19. The van der Waals surface area contributed by atoms with Crippen LogP contribution in [0.2, 0.25) is 0 Å². The highest BCUT2D eigenvalue weighted by Gasteiger charge is 2.44. The maximum Gasteiger partial charge on any atom is 0.246 e. The van der Waals surface area contributed by atoms with Gasteiger partial charge in [0.25, 0.3) is 0 Å². The average Bonchev–Trinajstić information content (AvgIpc) is 2.52. The lowest BCUT2D eigenvalue weighted by Crippen LogP contribution is -2.59. The number of carbonyl (C=O) groups excluding carboxylic acids is 1. The molecule has 1 aliphatic heterocycles. The van der Waals surface area contributed by atoms with Crippen LogP contribution in [0.15, 0.2) is 0 Å². The smallest absolute Gasteiger partial charge is 0.246 e. The summed E-state index contributed by atoms with van der Waals surface area (Å²) in [6.45, 7) is 1.79. The Morgan fingerprint density at radius 2 is 1.86 bits per heavy atom. The monoisotopic (exact) mass is 321 g/mol. The average molecular weight is 321 g/mol. The van der Waals surface area contributed by atoms with E-state index in [9.17, 15) is 20.1 Å². The van der Waals surface area contributed by atoms with Crippen LogP contribution in [0, 0.1) is 0 Å². The Bertz CT molecular complexity index is 326. The number of carbonyl (C=O) groups is 1. The summed E-state index contributed by atoms with van der Waals surface area (Å²) in [6.07, 6.45) is -2.58. The van der Waals surface area contributed by atoms with E-state index in [4.69, 9.17) is 14.6 Å². The summed E-state index contributed by atoms with van der Waals surface area (Å²) in [4.78, 5) is 11.6. The molecule has 0 aliphatic carbocycles. The van der Waals surface area contributed by atoms with Crippen molar-refractivity contribution in [3.63, 3.8) is 0 Å². The topological polar surface area (TPSA) is 128 Å². The van der Waals surface area contributed by atoms with Crippen molar-refractivity contribution >= 4 is 5.91 Å². The van der Waals surface area contributed by atoms with Crippen LogP contribution in [-0.4, -0.2) is 76.8 Å². The molecule has 1 aliphatic rings. The van der Waals surface area contributed by atoms with Crippen molar-refractivity contribution in [2.24, 2.45) is 0 Å². The van der Waals surface area contributed by atoms with Gasteiger partial charge in [-0.25, -0.2) is 0 Å². The van der Waals surface area contributed by atoms with Crippen LogP contribution >= 0.6 is 0 Å². The van der Waals surface area contributed by atoms with Crippen molar-refractivity contribution in [1.29, 1.82) is 0 Å². The Morgan fingerprint density at radius 3 is 2.50 bits per heavy atom. The van der Waals surface area contributed by atoms with E-state index in [0.717, 1.165) is 25.7 Å². The summed E-state index contributed by atoms with van der Waals surface area (Å²) in [6, 6.07) is 0. The van der Waals surface area contributed by atoms with Crippen molar-refractivity contribution in [2.75, 3.05) is 19.8 Å². The molecule has 0 saturated carbocycles. The van der Waals surface area contributed by atoms with Crippen molar-refractivity contribution in [2.45, 2.75) is 63.3 Å². The zero-order valence-corrected chi connectivity index (χ0v) is 12.9. The van der Waals surface area contributed by atoms with Gasteiger partial charge < -0.3 is 35.2 Å². The third-order valence-electron chi connectivity index (χ3n) is 3.58. The molecule has 1 fully saturated rings. The Morgan fingerprint density at radius 1 is 1.14 bits per heavy atom.